The fraction of sp³-hybridized carbons (Fsp3) is 0.250. The number of rotatable bonds is 8. The normalized spacial score (nSPS) is 15.5. The van der Waals surface area contributed by atoms with Crippen LogP contribution in [0.5, 0.6) is 5.75 Å². The van der Waals surface area contributed by atoms with E-state index in [0.717, 1.165) is 28.1 Å². The number of carbonyl (C=O) groups is 2. The molecule has 7 heteroatoms. The minimum Gasteiger partial charge on any atom is -0.493 e. The lowest BCUT2D eigenvalue weighted by atomic mass is 9.93. The van der Waals surface area contributed by atoms with Crippen molar-refractivity contribution in [2.75, 3.05) is 6.61 Å². The van der Waals surface area contributed by atoms with E-state index < -0.39 is 12.0 Å². The first-order chi connectivity index (χ1) is 17.0. The molecule has 2 heterocycles. The molecular formula is C28H28N2O5. The van der Waals surface area contributed by atoms with E-state index in [9.17, 15) is 14.7 Å². The van der Waals surface area contributed by atoms with Gasteiger partial charge in [0, 0.05) is 31.0 Å². The second-order valence-corrected chi connectivity index (χ2v) is 8.33. The van der Waals surface area contributed by atoms with Crippen LogP contribution in [-0.2, 0) is 29.0 Å². The van der Waals surface area contributed by atoms with Crippen molar-refractivity contribution in [2.45, 2.75) is 39.3 Å². The van der Waals surface area contributed by atoms with Crippen molar-refractivity contribution in [2.24, 2.45) is 0 Å². The first kappa shape index (κ1) is 24.0. The lowest BCUT2D eigenvalue weighted by molar-refractivity contribution is -0.149. The van der Waals surface area contributed by atoms with Gasteiger partial charge >= 0.3 is 5.97 Å². The molecule has 0 saturated heterocycles. The third-order valence-corrected chi connectivity index (χ3v) is 5.94. The first-order valence-corrected chi connectivity index (χ1v) is 11.6. The van der Waals surface area contributed by atoms with Crippen molar-refractivity contribution < 1.29 is 23.8 Å². The average Bonchev–Trinajstić information content (AvgIpc) is 3.24. The number of aryl methyl sites for hydroxylation is 1. The lowest BCUT2D eigenvalue weighted by Gasteiger charge is -2.34. The number of hydrogen-bond donors (Lipinski definition) is 1. The Balaban J connectivity index is 1.43. The molecule has 1 aliphatic rings. The molecule has 180 valence electrons. The Bertz CT molecular complexity index is 1260. The second kappa shape index (κ2) is 10.9. The van der Waals surface area contributed by atoms with Gasteiger partial charge in [-0.2, -0.15) is 0 Å². The predicted octanol–water partition coefficient (Wildman–Crippen LogP) is 4.74. The predicted molar refractivity (Wildman–Crippen MR) is 132 cm³/mol. The Kier molecular flexibility index (Phi) is 7.45. The van der Waals surface area contributed by atoms with E-state index in [1.807, 2.05) is 62.4 Å². The minimum atomic E-state index is -1.01. The van der Waals surface area contributed by atoms with Gasteiger partial charge in [-0.15, -0.1) is 0 Å². The van der Waals surface area contributed by atoms with Gasteiger partial charge in [0.15, 0.2) is 0 Å². The molecule has 1 atom stereocenters. The third kappa shape index (κ3) is 5.69. The SMILES string of the molecule is C/C=C/C=C/C(=O)N1Cc2cc(OCCc3nc(-c4ccccc4)oc3C)ccc2CC1C(=O)O. The Morgan fingerprint density at radius 3 is 2.71 bits per heavy atom. The van der Waals surface area contributed by atoms with Crippen LogP contribution in [0, 0.1) is 6.92 Å². The molecule has 1 N–H and O–H groups in total. The van der Waals surface area contributed by atoms with E-state index in [0.29, 0.717) is 24.7 Å². The molecule has 35 heavy (non-hydrogen) atoms. The van der Waals surface area contributed by atoms with E-state index in [-0.39, 0.29) is 18.9 Å². The molecule has 1 aliphatic heterocycles. The summed E-state index contributed by atoms with van der Waals surface area (Å²) in [5.41, 5.74) is 3.57. The van der Waals surface area contributed by atoms with Gasteiger partial charge in [-0.3, -0.25) is 4.79 Å². The molecular weight excluding hydrogens is 444 g/mol. The largest absolute Gasteiger partial charge is 0.493 e. The van der Waals surface area contributed by atoms with Crippen molar-refractivity contribution in [1.82, 2.24) is 9.88 Å². The van der Waals surface area contributed by atoms with E-state index in [2.05, 4.69) is 4.98 Å². The maximum atomic E-state index is 12.6. The quantitative estimate of drug-likeness (QED) is 0.376. The summed E-state index contributed by atoms with van der Waals surface area (Å²) in [6.45, 7) is 4.36. The van der Waals surface area contributed by atoms with Crippen LogP contribution in [0.2, 0.25) is 0 Å². The highest BCUT2D eigenvalue weighted by Gasteiger charge is 2.33. The highest BCUT2D eigenvalue weighted by molar-refractivity contribution is 5.92. The smallest absolute Gasteiger partial charge is 0.326 e. The molecule has 0 aliphatic carbocycles. The van der Waals surface area contributed by atoms with E-state index in [1.165, 1.54) is 11.0 Å². The zero-order valence-electron chi connectivity index (χ0n) is 19.8. The summed E-state index contributed by atoms with van der Waals surface area (Å²) >= 11 is 0. The molecule has 0 radical (unpaired) electrons. The number of carboxylic acid groups (broad SMARTS) is 1. The Hall–Kier alpha value is -4.13. The van der Waals surface area contributed by atoms with Gasteiger partial charge in [0.1, 0.15) is 17.6 Å². The summed E-state index contributed by atoms with van der Waals surface area (Å²) in [6.07, 6.45) is 7.39. The number of hydrogen-bond acceptors (Lipinski definition) is 5. The topological polar surface area (TPSA) is 92.9 Å². The molecule has 0 fully saturated rings. The number of aromatic nitrogens is 1. The summed E-state index contributed by atoms with van der Waals surface area (Å²) in [6, 6.07) is 14.5. The van der Waals surface area contributed by atoms with Crippen LogP contribution >= 0.6 is 0 Å². The Morgan fingerprint density at radius 2 is 1.97 bits per heavy atom. The van der Waals surface area contributed by atoms with Crippen LogP contribution in [0.3, 0.4) is 0 Å². The zero-order valence-corrected chi connectivity index (χ0v) is 19.8. The van der Waals surface area contributed by atoms with Crippen LogP contribution in [0.25, 0.3) is 11.5 Å². The third-order valence-electron chi connectivity index (χ3n) is 5.94. The van der Waals surface area contributed by atoms with Crippen LogP contribution in [0.15, 0.2) is 77.3 Å². The number of ether oxygens (including phenoxy) is 1. The number of allylic oxidation sites excluding steroid dienone is 3. The first-order valence-electron chi connectivity index (χ1n) is 11.6. The number of carboxylic acids is 1. The van der Waals surface area contributed by atoms with E-state index in [4.69, 9.17) is 9.15 Å². The van der Waals surface area contributed by atoms with Gasteiger partial charge in [0.25, 0.3) is 0 Å². The second-order valence-electron chi connectivity index (χ2n) is 8.33. The number of oxazole rings is 1. The molecule has 0 saturated carbocycles. The van der Waals surface area contributed by atoms with Crippen LogP contribution in [0.1, 0.15) is 29.5 Å². The summed E-state index contributed by atoms with van der Waals surface area (Å²) in [4.78, 5) is 30.4. The maximum absolute atomic E-state index is 12.6. The summed E-state index contributed by atoms with van der Waals surface area (Å²) in [5.74, 6) is 0.675. The zero-order chi connectivity index (χ0) is 24.8. The molecule has 4 rings (SSSR count). The highest BCUT2D eigenvalue weighted by Crippen LogP contribution is 2.28. The number of benzene rings is 2. The van der Waals surface area contributed by atoms with Crippen molar-refractivity contribution in [1.29, 1.82) is 0 Å². The monoisotopic (exact) mass is 472 g/mol. The van der Waals surface area contributed by atoms with Crippen molar-refractivity contribution in [3.63, 3.8) is 0 Å². The van der Waals surface area contributed by atoms with Crippen LogP contribution in [-0.4, -0.2) is 39.5 Å². The van der Waals surface area contributed by atoms with Gasteiger partial charge in [-0.25, -0.2) is 9.78 Å². The van der Waals surface area contributed by atoms with Crippen molar-refractivity contribution in [3.05, 3.63) is 95.4 Å². The number of aliphatic carboxylic acids is 1. The molecule has 3 aromatic rings. The number of amides is 1. The highest BCUT2D eigenvalue weighted by atomic mass is 16.5. The summed E-state index contributed by atoms with van der Waals surface area (Å²) in [5, 5.41) is 9.66. The van der Waals surface area contributed by atoms with Crippen LogP contribution in [0.4, 0.5) is 0 Å². The molecule has 1 aromatic heterocycles. The lowest BCUT2D eigenvalue weighted by Crippen LogP contribution is -2.48. The van der Waals surface area contributed by atoms with Crippen LogP contribution < -0.4 is 4.74 Å². The van der Waals surface area contributed by atoms with E-state index >= 15 is 0 Å². The molecule has 0 spiro atoms. The number of carbonyl (C=O) groups excluding carboxylic acids is 1. The van der Waals surface area contributed by atoms with Gasteiger partial charge in [0.2, 0.25) is 11.8 Å². The molecule has 0 bridgehead atoms. The number of nitrogens with zero attached hydrogens (tertiary/aromatic N) is 2. The standard InChI is InChI=1S/C28H28N2O5/c1-3-4-6-11-26(31)30-18-22-16-23(13-12-21(22)17-25(30)28(32)33)34-15-14-24-19(2)35-27(29-24)20-9-7-5-8-10-20/h3-13,16,25H,14-15,17-18H2,1-2H3,(H,32,33)/b4-3+,11-6+. The molecule has 1 unspecified atom stereocenters. The van der Waals surface area contributed by atoms with Gasteiger partial charge in [0.05, 0.1) is 12.3 Å². The van der Waals surface area contributed by atoms with Crippen molar-refractivity contribution in [3.8, 4) is 17.2 Å². The number of fused-ring (bicyclic) bond motifs is 1. The van der Waals surface area contributed by atoms with E-state index in [1.54, 1.807) is 18.2 Å². The van der Waals surface area contributed by atoms with Crippen molar-refractivity contribution >= 4 is 11.9 Å². The minimum absolute atomic E-state index is 0.214. The average molecular weight is 473 g/mol. The Morgan fingerprint density at radius 1 is 1.17 bits per heavy atom. The summed E-state index contributed by atoms with van der Waals surface area (Å²) < 4.78 is 11.8. The maximum Gasteiger partial charge on any atom is 0.326 e. The van der Waals surface area contributed by atoms with Gasteiger partial charge in [-0.05, 0) is 49.2 Å². The van der Waals surface area contributed by atoms with Gasteiger partial charge in [-0.1, -0.05) is 42.5 Å². The Labute approximate surface area is 204 Å². The molecule has 1 amide bonds. The summed E-state index contributed by atoms with van der Waals surface area (Å²) in [7, 11) is 0. The van der Waals surface area contributed by atoms with Gasteiger partial charge < -0.3 is 19.2 Å². The fourth-order valence-corrected chi connectivity index (χ4v) is 4.08. The molecule has 2 aromatic carbocycles. The fourth-order valence-electron chi connectivity index (χ4n) is 4.08. The molecule has 7 nitrogen and oxygen atoms in total.